The van der Waals surface area contributed by atoms with Crippen LogP contribution in [0.4, 0.5) is 5.69 Å². The zero-order valence-corrected chi connectivity index (χ0v) is 13.6. The Labute approximate surface area is 129 Å². The second-order valence-electron chi connectivity index (χ2n) is 5.68. The fourth-order valence-electron chi connectivity index (χ4n) is 2.36. The molecule has 1 rings (SSSR count). The van der Waals surface area contributed by atoms with Gasteiger partial charge in [-0.1, -0.05) is 45.2 Å². The Morgan fingerprint density at radius 2 is 1.62 bits per heavy atom. The Bertz CT molecular complexity index is 400. The topological polar surface area (TPSA) is 46.3 Å². The molecular weight excluding hydrogens is 260 g/mol. The number of aryl methyl sites for hydroxylation is 1. The van der Waals surface area contributed by atoms with Crippen molar-refractivity contribution in [3.63, 3.8) is 0 Å². The van der Waals surface area contributed by atoms with Crippen LogP contribution in [0.15, 0.2) is 24.3 Å². The average molecular weight is 290 g/mol. The van der Waals surface area contributed by atoms with Gasteiger partial charge < -0.3 is 10.6 Å². The van der Waals surface area contributed by atoms with Crippen molar-refractivity contribution >= 4 is 11.6 Å². The minimum atomic E-state index is 0.288. The molecule has 0 heterocycles. The molecule has 3 heteroatoms. The third-order valence-electron chi connectivity index (χ3n) is 3.77. The highest BCUT2D eigenvalue weighted by Gasteiger charge is 2.12. The Balaban J connectivity index is 2.44. The van der Waals surface area contributed by atoms with E-state index in [2.05, 4.69) is 18.7 Å². The first-order chi connectivity index (χ1) is 10.2. The van der Waals surface area contributed by atoms with Gasteiger partial charge >= 0.3 is 0 Å². The molecule has 0 aliphatic rings. The molecular formula is C18H30N2O. The van der Waals surface area contributed by atoms with Gasteiger partial charge in [0.1, 0.15) is 0 Å². The van der Waals surface area contributed by atoms with E-state index in [-0.39, 0.29) is 5.91 Å². The second-order valence-corrected chi connectivity index (χ2v) is 5.68. The molecule has 0 saturated heterocycles. The van der Waals surface area contributed by atoms with E-state index >= 15 is 0 Å². The fraction of sp³-hybridized carbons (Fsp3) is 0.611. The molecule has 3 nitrogen and oxygen atoms in total. The first kappa shape index (κ1) is 17.5. The summed E-state index contributed by atoms with van der Waals surface area (Å²) >= 11 is 0. The summed E-state index contributed by atoms with van der Waals surface area (Å²) in [6.07, 6.45) is 7.15. The van der Waals surface area contributed by atoms with Crippen molar-refractivity contribution in [2.45, 2.75) is 58.8 Å². The quantitative estimate of drug-likeness (QED) is 0.522. The predicted molar refractivity (Wildman–Crippen MR) is 90.2 cm³/mol. The molecule has 1 aromatic carbocycles. The molecule has 0 saturated carbocycles. The Morgan fingerprint density at radius 1 is 1.00 bits per heavy atom. The summed E-state index contributed by atoms with van der Waals surface area (Å²) in [5.74, 6) is 0.288. The molecule has 0 spiro atoms. The summed E-state index contributed by atoms with van der Waals surface area (Å²) in [5, 5.41) is 0. The maximum Gasteiger partial charge on any atom is 0.222 e. The van der Waals surface area contributed by atoms with Gasteiger partial charge in [0.2, 0.25) is 5.91 Å². The Morgan fingerprint density at radius 3 is 2.24 bits per heavy atom. The number of nitrogens with two attached hydrogens (primary N) is 1. The molecule has 0 aliphatic carbocycles. The van der Waals surface area contributed by atoms with E-state index in [0.717, 1.165) is 44.5 Å². The maximum atomic E-state index is 12.4. The number of carbonyl (C=O) groups is 1. The number of carbonyl (C=O) groups excluding carboxylic acids is 1. The van der Waals surface area contributed by atoms with Crippen LogP contribution in [0.25, 0.3) is 0 Å². The van der Waals surface area contributed by atoms with Crippen molar-refractivity contribution in [1.29, 1.82) is 0 Å². The normalized spacial score (nSPS) is 10.6. The average Bonchev–Trinajstić information content (AvgIpc) is 2.50. The van der Waals surface area contributed by atoms with Crippen molar-refractivity contribution in [2.24, 2.45) is 0 Å². The first-order valence-corrected chi connectivity index (χ1v) is 8.29. The minimum Gasteiger partial charge on any atom is -0.399 e. The van der Waals surface area contributed by atoms with Gasteiger partial charge in [-0.25, -0.2) is 0 Å². The first-order valence-electron chi connectivity index (χ1n) is 8.29. The molecule has 0 unspecified atom stereocenters. The van der Waals surface area contributed by atoms with Gasteiger partial charge in [0.05, 0.1) is 0 Å². The molecule has 118 valence electrons. The SMILES string of the molecule is CCCCCN(CCCC)C(=O)CCc1ccc(N)cc1. The van der Waals surface area contributed by atoms with E-state index in [4.69, 9.17) is 5.73 Å². The van der Waals surface area contributed by atoms with Crippen molar-refractivity contribution in [3.05, 3.63) is 29.8 Å². The molecule has 0 radical (unpaired) electrons. The molecule has 0 bridgehead atoms. The van der Waals surface area contributed by atoms with Crippen LogP contribution in [0.2, 0.25) is 0 Å². The number of amides is 1. The van der Waals surface area contributed by atoms with E-state index < -0.39 is 0 Å². The van der Waals surface area contributed by atoms with Crippen LogP contribution in [0.5, 0.6) is 0 Å². The molecule has 21 heavy (non-hydrogen) atoms. The van der Waals surface area contributed by atoms with Gasteiger partial charge in [0, 0.05) is 25.2 Å². The number of unbranched alkanes of at least 4 members (excludes halogenated alkanes) is 3. The highest BCUT2D eigenvalue weighted by Crippen LogP contribution is 2.10. The number of nitrogen functional groups attached to an aromatic ring is 1. The molecule has 0 atom stereocenters. The van der Waals surface area contributed by atoms with Crippen LogP contribution in [0.3, 0.4) is 0 Å². The number of nitrogens with zero attached hydrogens (tertiary/aromatic N) is 1. The highest BCUT2D eigenvalue weighted by atomic mass is 16.2. The lowest BCUT2D eigenvalue weighted by Crippen LogP contribution is -2.33. The highest BCUT2D eigenvalue weighted by molar-refractivity contribution is 5.76. The van der Waals surface area contributed by atoms with Crippen molar-refractivity contribution in [2.75, 3.05) is 18.8 Å². The summed E-state index contributed by atoms with van der Waals surface area (Å²) in [6, 6.07) is 7.82. The van der Waals surface area contributed by atoms with Crippen LogP contribution >= 0.6 is 0 Å². The van der Waals surface area contributed by atoms with Crippen LogP contribution in [0, 0.1) is 0 Å². The zero-order chi connectivity index (χ0) is 15.5. The summed E-state index contributed by atoms with van der Waals surface area (Å²) in [6.45, 7) is 6.18. The summed E-state index contributed by atoms with van der Waals surface area (Å²) in [4.78, 5) is 14.4. The monoisotopic (exact) mass is 290 g/mol. The van der Waals surface area contributed by atoms with Gasteiger partial charge in [-0.15, -0.1) is 0 Å². The summed E-state index contributed by atoms with van der Waals surface area (Å²) < 4.78 is 0. The lowest BCUT2D eigenvalue weighted by molar-refractivity contribution is -0.131. The molecule has 1 amide bonds. The van der Waals surface area contributed by atoms with Gasteiger partial charge in [0.15, 0.2) is 0 Å². The van der Waals surface area contributed by atoms with E-state index in [1.165, 1.54) is 18.4 Å². The van der Waals surface area contributed by atoms with E-state index in [0.29, 0.717) is 6.42 Å². The summed E-state index contributed by atoms with van der Waals surface area (Å²) in [5.41, 5.74) is 7.63. The smallest absolute Gasteiger partial charge is 0.222 e. The number of rotatable bonds is 10. The third kappa shape index (κ3) is 7.16. The fourth-order valence-corrected chi connectivity index (χ4v) is 2.36. The van der Waals surface area contributed by atoms with Crippen LogP contribution in [-0.4, -0.2) is 23.9 Å². The van der Waals surface area contributed by atoms with E-state index in [1.54, 1.807) is 0 Å². The van der Waals surface area contributed by atoms with Crippen LogP contribution in [-0.2, 0) is 11.2 Å². The largest absolute Gasteiger partial charge is 0.399 e. The zero-order valence-electron chi connectivity index (χ0n) is 13.6. The van der Waals surface area contributed by atoms with Crippen molar-refractivity contribution < 1.29 is 4.79 Å². The van der Waals surface area contributed by atoms with E-state index in [1.807, 2.05) is 24.3 Å². The van der Waals surface area contributed by atoms with Gasteiger partial charge in [-0.2, -0.15) is 0 Å². The van der Waals surface area contributed by atoms with Crippen LogP contribution < -0.4 is 5.73 Å². The molecule has 0 aromatic heterocycles. The number of hydrogen-bond donors (Lipinski definition) is 1. The lowest BCUT2D eigenvalue weighted by atomic mass is 10.1. The lowest BCUT2D eigenvalue weighted by Gasteiger charge is -2.22. The number of benzene rings is 1. The molecule has 2 N–H and O–H groups in total. The van der Waals surface area contributed by atoms with E-state index in [9.17, 15) is 4.79 Å². The minimum absolute atomic E-state index is 0.288. The van der Waals surface area contributed by atoms with Gasteiger partial charge in [0.25, 0.3) is 0 Å². The molecule has 0 aliphatic heterocycles. The summed E-state index contributed by atoms with van der Waals surface area (Å²) in [7, 11) is 0. The van der Waals surface area contributed by atoms with Crippen LogP contribution in [0.1, 0.15) is 57.9 Å². The standard InChI is InChI=1S/C18H30N2O/c1-3-5-7-15-20(14-6-4-2)18(21)13-10-16-8-11-17(19)12-9-16/h8-9,11-12H,3-7,10,13-15,19H2,1-2H3. The van der Waals surface area contributed by atoms with Crippen molar-refractivity contribution in [1.82, 2.24) is 4.90 Å². The predicted octanol–water partition coefficient (Wildman–Crippen LogP) is 4.02. The maximum absolute atomic E-state index is 12.4. The van der Waals surface area contributed by atoms with Crippen molar-refractivity contribution in [3.8, 4) is 0 Å². The Hall–Kier alpha value is -1.51. The molecule has 1 aromatic rings. The van der Waals surface area contributed by atoms with Gasteiger partial charge in [-0.3, -0.25) is 4.79 Å². The second kappa shape index (κ2) is 10.3. The number of anilines is 1. The third-order valence-corrected chi connectivity index (χ3v) is 3.77. The van der Waals surface area contributed by atoms with Gasteiger partial charge in [-0.05, 0) is 37.0 Å². The number of hydrogen-bond acceptors (Lipinski definition) is 2. The molecule has 0 fully saturated rings. The Kier molecular flexibility index (Phi) is 8.56.